The van der Waals surface area contributed by atoms with Crippen molar-refractivity contribution in [3.05, 3.63) is 0 Å². The molecule has 78 valence electrons. The molecule has 0 amide bonds. The predicted molar refractivity (Wildman–Crippen MR) is 52.8 cm³/mol. The van der Waals surface area contributed by atoms with E-state index in [2.05, 4.69) is 12.2 Å². The summed E-state index contributed by atoms with van der Waals surface area (Å²) < 4.78 is 5.43. The molecule has 0 aromatic heterocycles. The second kappa shape index (κ2) is 6.35. The number of aliphatic hydroxyl groups excluding tert-OH is 1. The molecule has 0 aromatic carbocycles. The molecule has 13 heavy (non-hydrogen) atoms. The molecule has 2 N–H and O–H groups in total. The minimum Gasteiger partial charge on any atom is -0.395 e. The monoisotopic (exact) mass is 187 g/mol. The van der Waals surface area contributed by atoms with E-state index in [0.717, 1.165) is 13.0 Å². The number of nitrogens with one attached hydrogen (secondary N) is 1. The summed E-state index contributed by atoms with van der Waals surface area (Å²) in [7, 11) is 0. The number of aliphatic hydroxyl groups is 1. The number of rotatable bonds is 8. The molecule has 3 heteroatoms. The average molecular weight is 187 g/mol. The van der Waals surface area contributed by atoms with Crippen LogP contribution in [0.5, 0.6) is 0 Å². The Morgan fingerprint density at radius 3 is 2.85 bits per heavy atom. The number of hydrogen-bond acceptors (Lipinski definition) is 3. The van der Waals surface area contributed by atoms with Crippen LogP contribution in [0.25, 0.3) is 0 Å². The van der Waals surface area contributed by atoms with Gasteiger partial charge in [-0.15, -0.1) is 0 Å². The Hall–Kier alpha value is -0.120. The topological polar surface area (TPSA) is 41.5 Å². The average Bonchev–Trinajstić information content (AvgIpc) is 2.94. The van der Waals surface area contributed by atoms with Crippen molar-refractivity contribution in [2.24, 2.45) is 0 Å². The van der Waals surface area contributed by atoms with Crippen LogP contribution in [0.15, 0.2) is 0 Å². The fourth-order valence-corrected chi connectivity index (χ4v) is 1.21. The third-order valence-corrected chi connectivity index (χ3v) is 2.23. The van der Waals surface area contributed by atoms with Gasteiger partial charge < -0.3 is 15.2 Å². The molecule has 1 atom stereocenters. The van der Waals surface area contributed by atoms with Crippen LogP contribution in [0.4, 0.5) is 0 Å². The summed E-state index contributed by atoms with van der Waals surface area (Å²) >= 11 is 0. The zero-order valence-corrected chi connectivity index (χ0v) is 8.46. The smallest absolute Gasteiger partial charge is 0.0642 e. The highest BCUT2D eigenvalue weighted by Crippen LogP contribution is 2.19. The number of ether oxygens (including phenoxy) is 1. The summed E-state index contributed by atoms with van der Waals surface area (Å²) in [5.41, 5.74) is 0. The third kappa shape index (κ3) is 5.24. The van der Waals surface area contributed by atoms with Gasteiger partial charge >= 0.3 is 0 Å². The number of hydrogen-bond donors (Lipinski definition) is 2. The lowest BCUT2D eigenvalue weighted by atomic mass is 10.3. The van der Waals surface area contributed by atoms with Crippen LogP contribution >= 0.6 is 0 Å². The molecule has 1 rings (SSSR count). The molecular formula is C10H21NO2. The van der Waals surface area contributed by atoms with Crippen LogP contribution in [0, 0.1) is 0 Å². The fraction of sp³-hybridized carbons (Fsp3) is 1.00. The minimum absolute atomic E-state index is 0.143. The van der Waals surface area contributed by atoms with E-state index >= 15 is 0 Å². The van der Waals surface area contributed by atoms with Crippen LogP contribution in [0.2, 0.25) is 0 Å². The Morgan fingerprint density at radius 2 is 2.31 bits per heavy atom. The van der Waals surface area contributed by atoms with Crippen molar-refractivity contribution in [2.75, 3.05) is 19.8 Å². The highest BCUT2D eigenvalue weighted by Gasteiger charge is 2.23. The maximum atomic E-state index is 9.02. The molecule has 0 spiro atoms. The summed E-state index contributed by atoms with van der Waals surface area (Å²) in [6.45, 7) is 3.80. The minimum atomic E-state index is 0.143. The molecule has 1 fully saturated rings. The summed E-state index contributed by atoms with van der Waals surface area (Å²) in [6, 6.07) is 0.788. The van der Waals surface area contributed by atoms with Gasteiger partial charge in [-0.05, 0) is 19.3 Å². The van der Waals surface area contributed by atoms with E-state index in [1.54, 1.807) is 0 Å². The van der Waals surface area contributed by atoms with E-state index < -0.39 is 0 Å². The first-order chi connectivity index (χ1) is 6.36. The van der Waals surface area contributed by atoms with Gasteiger partial charge in [-0.25, -0.2) is 0 Å². The van der Waals surface area contributed by atoms with Gasteiger partial charge in [0.2, 0.25) is 0 Å². The van der Waals surface area contributed by atoms with Gasteiger partial charge in [-0.2, -0.15) is 0 Å². The summed E-state index contributed by atoms with van der Waals surface area (Å²) in [5.74, 6) is 0. The molecule has 3 nitrogen and oxygen atoms in total. The van der Waals surface area contributed by atoms with E-state index in [1.807, 2.05) is 0 Å². The molecule has 1 aliphatic carbocycles. The molecule has 1 saturated carbocycles. The molecule has 0 radical (unpaired) electrons. The van der Waals surface area contributed by atoms with Crippen molar-refractivity contribution in [3.8, 4) is 0 Å². The second-order valence-electron chi connectivity index (χ2n) is 3.75. The van der Waals surface area contributed by atoms with Crippen molar-refractivity contribution >= 4 is 0 Å². The summed E-state index contributed by atoms with van der Waals surface area (Å²) in [4.78, 5) is 0. The number of unbranched alkanes of at least 4 members (excludes halogenated alkanes) is 1. The van der Waals surface area contributed by atoms with E-state index in [1.165, 1.54) is 19.3 Å². The van der Waals surface area contributed by atoms with Crippen LogP contribution in [-0.4, -0.2) is 37.0 Å². The van der Waals surface area contributed by atoms with E-state index in [-0.39, 0.29) is 12.6 Å². The van der Waals surface area contributed by atoms with Crippen molar-refractivity contribution in [1.82, 2.24) is 5.32 Å². The Bertz CT molecular complexity index is 126. The maximum absolute atomic E-state index is 9.02. The van der Waals surface area contributed by atoms with Gasteiger partial charge in [0.25, 0.3) is 0 Å². The van der Waals surface area contributed by atoms with Crippen LogP contribution in [0.1, 0.15) is 32.6 Å². The molecule has 0 saturated heterocycles. The van der Waals surface area contributed by atoms with Crippen LogP contribution in [-0.2, 0) is 4.74 Å². The lowest BCUT2D eigenvalue weighted by molar-refractivity contribution is 0.0862. The highest BCUT2D eigenvalue weighted by atomic mass is 16.5. The van der Waals surface area contributed by atoms with E-state index in [9.17, 15) is 0 Å². The Kier molecular flexibility index (Phi) is 5.35. The van der Waals surface area contributed by atoms with Crippen molar-refractivity contribution < 1.29 is 9.84 Å². The standard InChI is InChI=1S/C10H21NO2/c1-2-3-6-13-8-10(7-12)11-9-4-5-9/h9-12H,2-8H2,1H3. The van der Waals surface area contributed by atoms with Crippen molar-refractivity contribution in [3.63, 3.8) is 0 Å². The molecular weight excluding hydrogens is 166 g/mol. The van der Waals surface area contributed by atoms with Crippen molar-refractivity contribution in [1.29, 1.82) is 0 Å². The van der Waals surface area contributed by atoms with E-state index in [4.69, 9.17) is 9.84 Å². The molecule has 1 unspecified atom stereocenters. The quantitative estimate of drug-likeness (QED) is 0.555. The van der Waals surface area contributed by atoms with E-state index in [0.29, 0.717) is 12.6 Å². The normalized spacial score (nSPS) is 18.9. The first-order valence-electron chi connectivity index (χ1n) is 5.31. The Morgan fingerprint density at radius 1 is 1.54 bits per heavy atom. The summed E-state index contributed by atoms with van der Waals surface area (Å²) in [6.07, 6.45) is 4.79. The Balaban J connectivity index is 1.94. The lowest BCUT2D eigenvalue weighted by Gasteiger charge is -2.15. The maximum Gasteiger partial charge on any atom is 0.0642 e. The predicted octanol–water partition coefficient (Wildman–Crippen LogP) is 0.916. The van der Waals surface area contributed by atoms with Gasteiger partial charge in [-0.3, -0.25) is 0 Å². The largest absolute Gasteiger partial charge is 0.395 e. The van der Waals surface area contributed by atoms with Crippen LogP contribution in [0.3, 0.4) is 0 Å². The first kappa shape index (κ1) is 11.0. The van der Waals surface area contributed by atoms with Gasteiger partial charge in [0.05, 0.1) is 19.3 Å². The molecule has 0 heterocycles. The van der Waals surface area contributed by atoms with Gasteiger partial charge in [-0.1, -0.05) is 13.3 Å². The lowest BCUT2D eigenvalue weighted by Crippen LogP contribution is -2.38. The van der Waals surface area contributed by atoms with Gasteiger partial charge in [0.15, 0.2) is 0 Å². The van der Waals surface area contributed by atoms with Crippen LogP contribution < -0.4 is 5.32 Å². The van der Waals surface area contributed by atoms with Crippen molar-refractivity contribution in [2.45, 2.75) is 44.7 Å². The first-order valence-corrected chi connectivity index (χ1v) is 5.31. The molecule has 1 aliphatic rings. The fourth-order valence-electron chi connectivity index (χ4n) is 1.21. The second-order valence-corrected chi connectivity index (χ2v) is 3.75. The zero-order valence-electron chi connectivity index (χ0n) is 8.46. The highest BCUT2D eigenvalue weighted by molar-refractivity contribution is 4.84. The van der Waals surface area contributed by atoms with Gasteiger partial charge in [0, 0.05) is 12.6 Å². The third-order valence-electron chi connectivity index (χ3n) is 2.23. The molecule has 0 aliphatic heterocycles. The molecule has 0 aromatic rings. The van der Waals surface area contributed by atoms with Gasteiger partial charge in [0.1, 0.15) is 0 Å². The SMILES string of the molecule is CCCCOCC(CO)NC1CC1. The zero-order chi connectivity index (χ0) is 9.52. The molecule has 0 bridgehead atoms. The Labute approximate surface area is 80.5 Å². The summed E-state index contributed by atoms with van der Waals surface area (Å²) in [5, 5.41) is 12.4.